The van der Waals surface area contributed by atoms with E-state index in [2.05, 4.69) is 20.6 Å². The van der Waals surface area contributed by atoms with Crippen LogP contribution in [-0.4, -0.2) is 22.3 Å². The molecule has 136 valence electrons. The summed E-state index contributed by atoms with van der Waals surface area (Å²) < 4.78 is 0. The number of carbonyl (C=O) groups is 1. The van der Waals surface area contributed by atoms with Gasteiger partial charge in [-0.15, -0.1) is 0 Å². The molecule has 3 heterocycles. The van der Waals surface area contributed by atoms with Gasteiger partial charge in [0.2, 0.25) is 0 Å². The Balaban J connectivity index is 1.95. The number of nitrogens with one attached hydrogen (secondary N) is 3. The summed E-state index contributed by atoms with van der Waals surface area (Å²) in [4.78, 5) is 31.1. The molecule has 0 aliphatic carbocycles. The highest BCUT2D eigenvalue weighted by Crippen LogP contribution is 2.33. The summed E-state index contributed by atoms with van der Waals surface area (Å²) in [5.74, 6) is 0.403. The Kier molecular flexibility index (Phi) is 4.37. The number of hydrogen-bond donors (Lipinski definition) is 3. The quantitative estimate of drug-likeness (QED) is 0.587. The van der Waals surface area contributed by atoms with Crippen molar-refractivity contribution in [2.24, 2.45) is 0 Å². The van der Waals surface area contributed by atoms with Gasteiger partial charge in [0.15, 0.2) is 5.78 Å². The molecule has 3 N–H and O–H groups in total. The van der Waals surface area contributed by atoms with E-state index in [1.54, 1.807) is 30.6 Å². The zero-order valence-corrected chi connectivity index (χ0v) is 15.7. The Labute approximate surface area is 163 Å². The molecular formula is C19H14Cl2N4O2. The second kappa shape index (κ2) is 6.72. The molecule has 0 saturated carbocycles. The largest absolute Gasteiger partial charge is 0.387 e. The number of anilines is 2. The van der Waals surface area contributed by atoms with Crippen LogP contribution in [0.3, 0.4) is 0 Å². The maximum atomic E-state index is 12.3. The number of nitrogens with zero attached hydrogens (tertiary/aromatic N) is 1. The summed E-state index contributed by atoms with van der Waals surface area (Å²) in [5, 5.41) is 8.93. The third-order valence-electron chi connectivity index (χ3n) is 4.35. The van der Waals surface area contributed by atoms with Gasteiger partial charge in [-0.2, -0.15) is 0 Å². The van der Waals surface area contributed by atoms with Crippen LogP contribution in [0.5, 0.6) is 0 Å². The SMILES string of the molecule is CC(=O)c1cc(Cl)c(Nc2nc3cc[nH]c(=O)c3c3c2=CCNC=3)c(Cl)c1. The fourth-order valence-corrected chi connectivity index (χ4v) is 3.63. The first-order valence-corrected chi connectivity index (χ1v) is 8.93. The zero-order chi connectivity index (χ0) is 19.1. The Bertz CT molecular complexity index is 1260. The highest BCUT2D eigenvalue weighted by Gasteiger charge is 2.15. The monoisotopic (exact) mass is 400 g/mol. The number of hydrogen-bond acceptors (Lipinski definition) is 5. The van der Waals surface area contributed by atoms with Crippen LogP contribution >= 0.6 is 23.2 Å². The van der Waals surface area contributed by atoms with Gasteiger partial charge >= 0.3 is 0 Å². The summed E-state index contributed by atoms with van der Waals surface area (Å²) in [6, 6.07) is 4.86. The number of benzene rings is 1. The van der Waals surface area contributed by atoms with E-state index in [0.717, 1.165) is 10.4 Å². The molecule has 0 atom stereocenters. The number of aromatic amines is 1. The molecule has 0 unspecified atom stereocenters. The molecule has 1 aliphatic rings. The number of Topliss-reactive ketones (excluding diaryl/α,β-unsaturated/α-hetero) is 1. The van der Waals surface area contributed by atoms with Crippen molar-refractivity contribution in [1.82, 2.24) is 15.3 Å². The van der Waals surface area contributed by atoms with Gasteiger partial charge in [0.1, 0.15) is 5.82 Å². The van der Waals surface area contributed by atoms with E-state index < -0.39 is 0 Å². The molecule has 2 aromatic heterocycles. The van der Waals surface area contributed by atoms with Crippen molar-refractivity contribution in [3.63, 3.8) is 0 Å². The van der Waals surface area contributed by atoms with E-state index in [-0.39, 0.29) is 11.3 Å². The molecule has 8 heteroatoms. The lowest BCUT2D eigenvalue weighted by Crippen LogP contribution is -2.38. The third-order valence-corrected chi connectivity index (χ3v) is 4.94. The van der Waals surface area contributed by atoms with Crippen molar-refractivity contribution in [2.45, 2.75) is 6.92 Å². The number of carbonyl (C=O) groups excluding carboxylic acids is 1. The second-order valence-corrected chi connectivity index (χ2v) is 6.92. The van der Waals surface area contributed by atoms with Gasteiger partial charge < -0.3 is 15.6 Å². The standard InChI is InChI=1S/C19H14Cl2N4O2/c1-9(26)10-6-13(20)17(14(21)7-10)25-18-11-2-4-22-8-12(11)16-15(24-18)3-5-23-19(16)27/h2-3,5-8,22H,4H2,1H3,(H,23,27)(H,24,25). The lowest BCUT2D eigenvalue weighted by Gasteiger charge is -2.14. The van der Waals surface area contributed by atoms with Gasteiger partial charge in [-0.3, -0.25) is 9.59 Å². The number of rotatable bonds is 3. The van der Waals surface area contributed by atoms with Crippen LogP contribution in [0.4, 0.5) is 11.5 Å². The zero-order valence-electron chi connectivity index (χ0n) is 14.2. The third kappa shape index (κ3) is 3.07. The first kappa shape index (κ1) is 17.6. The molecule has 4 rings (SSSR count). The number of fused-ring (bicyclic) bond motifs is 3. The van der Waals surface area contributed by atoms with Crippen LogP contribution in [0.2, 0.25) is 10.0 Å². The van der Waals surface area contributed by atoms with E-state index in [1.807, 2.05) is 6.08 Å². The Morgan fingerprint density at radius 3 is 2.67 bits per heavy atom. The second-order valence-electron chi connectivity index (χ2n) is 6.11. The Morgan fingerprint density at radius 2 is 1.96 bits per heavy atom. The van der Waals surface area contributed by atoms with Crippen LogP contribution in [0, 0.1) is 0 Å². The topological polar surface area (TPSA) is 86.9 Å². The van der Waals surface area contributed by atoms with E-state index in [9.17, 15) is 9.59 Å². The maximum absolute atomic E-state index is 12.3. The van der Waals surface area contributed by atoms with Crippen molar-refractivity contribution in [3.05, 3.63) is 60.8 Å². The molecule has 0 spiro atoms. The summed E-state index contributed by atoms with van der Waals surface area (Å²) in [6.45, 7) is 2.05. The average Bonchev–Trinajstić information content (AvgIpc) is 2.64. The van der Waals surface area contributed by atoms with E-state index in [4.69, 9.17) is 23.2 Å². The Morgan fingerprint density at radius 1 is 1.22 bits per heavy atom. The highest BCUT2D eigenvalue weighted by molar-refractivity contribution is 6.39. The van der Waals surface area contributed by atoms with Crippen molar-refractivity contribution in [3.8, 4) is 0 Å². The van der Waals surface area contributed by atoms with Gasteiger partial charge in [0.05, 0.1) is 26.6 Å². The maximum Gasteiger partial charge on any atom is 0.258 e. The van der Waals surface area contributed by atoms with Crippen LogP contribution in [0.25, 0.3) is 23.2 Å². The fourth-order valence-electron chi connectivity index (χ4n) is 3.05. The summed E-state index contributed by atoms with van der Waals surface area (Å²) in [6.07, 6.45) is 5.28. The van der Waals surface area contributed by atoms with Crippen molar-refractivity contribution < 1.29 is 4.79 Å². The van der Waals surface area contributed by atoms with Crippen LogP contribution in [0.15, 0.2) is 29.2 Å². The lowest BCUT2D eigenvalue weighted by atomic mass is 10.1. The minimum absolute atomic E-state index is 0.125. The van der Waals surface area contributed by atoms with Crippen molar-refractivity contribution in [2.75, 3.05) is 11.9 Å². The number of aromatic nitrogens is 2. The predicted molar refractivity (Wildman–Crippen MR) is 108 cm³/mol. The number of pyridine rings is 2. The van der Waals surface area contributed by atoms with Gasteiger partial charge in [0, 0.05) is 34.9 Å². The molecule has 3 aromatic rings. The van der Waals surface area contributed by atoms with Gasteiger partial charge in [-0.1, -0.05) is 29.3 Å². The van der Waals surface area contributed by atoms with Crippen molar-refractivity contribution in [1.29, 1.82) is 0 Å². The number of H-pyrrole nitrogens is 1. The molecule has 27 heavy (non-hydrogen) atoms. The molecule has 0 fully saturated rings. The molecule has 0 amide bonds. The highest BCUT2D eigenvalue weighted by atomic mass is 35.5. The first-order chi connectivity index (χ1) is 13.0. The predicted octanol–water partition coefficient (Wildman–Crippen LogP) is 2.30. The van der Waals surface area contributed by atoms with Crippen LogP contribution < -0.4 is 26.6 Å². The molecule has 6 nitrogen and oxygen atoms in total. The molecule has 0 saturated heterocycles. The minimum atomic E-state index is -0.210. The van der Waals surface area contributed by atoms with E-state index in [1.165, 1.54) is 6.92 Å². The van der Waals surface area contributed by atoms with Gasteiger partial charge in [0.25, 0.3) is 5.56 Å². The molecule has 0 bridgehead atoms. The molecular weight excluding hydrogens is 387 g/mol. The van der Waals surface area contributed by atoms with Crippen LogP contribution in [-0.2, 0) is 0 Å². The fraction of sp³-hybridized carbons (Fsp3) is 0.105. The Hall–Kier alpha value is -2.83. The van der Waals surface area contributed by atoms with Gasteiger partial charge in [-0.25, -0.2) is 4.98 Å². The first-order valence-electron chi connectivity index (χ1n) is 8.18. The van der Waals surface area contributed by atoms with Crippen LogP contribution in [0.1, 0.15) is 17.3 Å². The summed E-state index contributed by atoms with van der Waals surface area (Å²) in [5.41, 5.74) is 1.22. The van der Waals surface area contributed by atoms with Gasteiger partial charge in [-0.05, 0) is 25.1 Å². The normalized spacial score (nSPS) is 12.6. The number of halogens is 2. The summed E-state index contributed by atoms with van der Waals surface area (Å²) in [7, 11) is 0. The van der Waals surface area contributed by atoms with Crippen molar-refractivity contribution >= 4 is 63.7 Å². The number of ketones is 1. The van der Waals surface area contributed by atoms with E-state index >= 15 is 0 Å². The smallest absolute Gasteiger partial charge is 0.258 e. The molecule has 1 aromatic carbocycles. The molecule has 1 aliphatic heterocycles. The lowest BCUT2D eigenvalue weighted by molar-refractivity contribution is 0.101. The molecule has 0 radical (unpaired) electrons. The van der Waals surface area contributed by atoms with E-state index in [0.29, 0.717) is 44.6 Å². The average molecular weight is 401 g/mol. The minimum Gasteiger partial charge on any atom is -0.387 e. The summed E-state index contributed by atoms with van der Waals surface area (Å²) >= 11 is 12.7.